The van der Waals surface area contributed by atoms with Gasteiger partial charge in [0, 0.05) is 5.41 Å². The second-order valence-electron chi connectivity index (χ2n) is 4.22. The minimum atomic E-state index is -0.989. The molecule has 1 aliphatic carbocycles. The molecule has 0 amide bonds. The summed E-state index contributed by atoms with van der Waals surface area (Å²) in [7, 11) is 0. The molecule has 0 aromatic rings. The van der Waals surface area contributed by atoms with E-state index in [1.807, 2.05) is 0 Å². The van der Waals surface area contributed by atoms with Gasteiger partial charge >= 0.3 is 5.97 Å². The lowest BCUT2D eigenvalue weighted by Crippen LogP contribution is -2.56. The number of alkyl halides is 1. The van der Waals surface area contributed by atoms with Crippen molar-refractivity contribution in [2.75, 3.05) is 13.3 Å². The molecule has 3 rings (SSSR count). The van der Waals surface area contributed by atoms with Gasteiger partial charge in [0.15, 0.2) is 5.60 Å². The van der Waals surface area contributed by atoms with E-state index in [9.17, 15) is 9.18 Å². The first kappa shape index (κ1) is 8.94. The zero-order valence-corrected chi connectivity index (χ0v) is 7.38. The van der Waals surface area contributed by atoms with Crippen LogP contribution in [0.2, 0.25) is 0 Å². The summed E-state index contributed by atoms with van der Waals surface area (Å²) in [5, 5.41) is 8.95. The Morgan fingerprint density at radius 2 is 2.00 bits per heavy atom. The van der Waals surface area contributed by atoms with Crippen LogP contribution in [0.15, 0.2) is 0 Å². The number of carboxylic acids is 1. The second kappa shape index (κ2) is 2.67. The van der Waals surface area contributed by atoms with Gasteiger partial charge in [0.25, 0.3) is 0 Å². The van der Waals surface area contributed by atoms with Gasteiger partial charge in [0.1, 0.15) is 0 Å². The van der Waals surface area contributed by atoms with Crippen molar-refractivity contribution in [2.24, 2.45) is 5.41 Å². The van der Waals surface area contributed by atoms with Crippen LogP contribution in [-0.4, -0.2) is 30.0 Å². The Hall–Kier alpha value is -0.640. The van der Waals surface area contributed by atoms with Crippen molar-refractivity contribution < 1.29 is 19.0 Å². The molecule has 0 unspecified atom stereocenters. The summed E-state index contributed by atoms with van der Waals surface area (Å²) in [5.74, 6) is -0.889. The van der Waals surface area contributed by atoms with E-state index in [4.69, 9.17) is 9.84 Å². The molecule has 3 fully saturated rings. The van der Waals surface area contributed by atoms with Crippen molar-refractivity contribution in [2.45, 2.75) is 31.3 Å². The molecule has 2 bridgehead atoms. The molecule has 13 heavy (non-hydrogen) atoms. The molecule has 3 aliphatic rings. The third kappa shape index (κ3) is 1.15. The molecule has 1 saturated carbocycles. The van der Waals surface area contributed by atoms with E-state index < -0.39 is 11.6 Å². The van der Waals surface area contributed by atoms with Crippen LogP contribution in [0.25, 0.3) is 0 Å². The van der Waals surface area contributed by atoms with Gasteiger partial charge < -0.3 is 9.84 Å². The summed E-state index contributed by atoms with van der Waals surface area (Å²) >= 11 is 0. The zero-order valence-electron chi connectivity index (χ0n) is 7.38. The van der Waals surface area contributed by atoms with E-state index >= 15 is 0 Å². The molecule has 4 heteroatoms. The van der Waals surface area contributed by atoms with Crippen molar-refractivity contribution in [1.82, 2.24) is 0 Å². The third-order valence-electron chi connectivity index (χ3n) is 3.45. The van der Waals surface area contributed by atoms with Gasteiger partial charge in [-0.1, -0.05) is 0 Å². The van der Waals surface area contributed by atoms with Crippen LogP contribution in [-0.2, 0) is 9.53 Å². The summed E-state index contributed by atoms with van der Waals surface area (Å²) in [6.45, 7) is -0.113. The van der Waals surface area contributed by atoms with Crippen LogP contribution in [0.3, 0.4) is 0 Å². The summed E-state index contributed by atoms with van der Waals surface area (Å²) < 4.78 is 17.9. The Morgan fingerprint density at radius 1 is 1.38 bits per heavy atom. The predicted molar refractivity (Wildman–Crippen MR) is 43.2 cm³/mol. The van der Waals surface area contributed by atoms with Crippen LogP contribution in [0.1, 0.15) is 25.7 Å². The number of hydrogen-bond acceptors (Lipinski definition) is 2. The molecular formula is C9H13FO3. The Morgan fingerprint density at radius 3 is 2.31 bits per heavy atom. The maximum atomic E-state index is 12.7. The standard InChI is InChI=1S/C9H13FO3/c10-5-8-1-3-9(4-2-8,7(11)12)13-6-8/h1-6H2,(H,11,12). The Kier molecular flexibility index (Phi) is 1.84. The van der Waals surface area contributed by atoms with Crippen LogP contribution in [0, 0.1) is 5.41 Å². The quantitative estimate of drug-likeness (QED) is 0.711. The van der Waals surface area contributed by atoms with Crippen molar-refractivity contribution in [3.05, 3.63) is 0 Å². The lowest BCUT2D eigenvalue weighted by atomic mass is 9.67. The number of aliphatic carboxylic acids is 1. The SMILES string of the molecule is O=C(O)C12CCC(CF)(CC1)CO2. The number of fused-ring (bicyclic) bond motifs is 3. The largest absolute Gasteiger partial charge is 0.479 e. The summed E-state index contributed by atoms with van der Waals surface area (Å²) in [4.78, 5) is 10.9. The van der Waals surface area contributed by atoms with Gasteiger partial charge in [0.2, 0.25) is 0 Å². The van der Waals surface area contributed by atoms with E-state index in [-0.39, 0.29) is 18.7 Å². The number of halogens is 1. The fourth-order valence-corrected chi connectivity index (χ4v) is 2.21. The smallest absolute Gasteiger partial charge is 0.335 e. The highest BCUT2D eigenvalue weighted by atomic mass is 19.1. The molecule has 2 aliphatic heterocycles. The fourth-order valence-electron chi connectivity index (χ4n) is 2.21. The highest BCUT2D eigenvalue weighted by molar-refractivity contribution is 5.77. The van der Waals surface area contributed by atoms with Gasteiger partial charge in [0.05, 0.1) is 13.3 Å². The number of carbonyl (C=O) groups is 1. The lowest BCUT2D eigenvalue weighted by Gasteiger charge is -2.49. The maximum Gasteiger partial charge on any atom is 0.335 e. The molecule has 0 spiro atoms. The van der Waals surface area contributed by atoms with E-state index in [0.717, 1.165) is 0 Å². The average molecular weight is 188 g/mol. The molecule has 74 valence electrons. The molecular weight excluding hydrogens is 175 g/mol. The number of hydrogen-bond donors (Lipinski definition) is 1. The molecule has 2 heterocycles. The second-order valence-corrected chi connectivity index (χ2v) is 4.22. The lowest BCUT2D eigenvalue weighted by molar-refractivity contribution is -0.209. The van der Waals surface area contributed by atoms with E-state index in [1.165, 1.54) is 0 Å². The average Bonchev–Trinajstić information content (AvgIpc) is 2.20. The molecule has 2 saturated heterocycles. The third-order valence-corrected chi connectivity index (χ3v) is 3.45. The van der Waals surface area contributed by atoms with Crippen LogP contribution < -0.4 is 0 Å². The summed E-state index contributed by atoms with van der Waals surface area (Å²) in [6.07, 6.45) is 2.23. The molecule has 0 radical (unpaired) electrons. The summed E-state index contributed by atoms with van der Waals surface area (Å²) in [6, 6.07) is 0. The van der Waals surface area contributed by atoms with E-state index in [2.05, 4.69) is 0 Å². The van der Waals surface area contributed by atoms with Crippen molar-refractivity contribution >= 4 is 5.97 Å². The monoisotopic (exact) mass is 188 g/mol. The zero-order chi connectivity index (χ0) is 9.53. The fraction of sp³-hybridized carbons (Fsp3) is 0.889. The van der Waals surface area contributed by atoms with Gasteiger partial charge in [-0.3, -0.25) is 4.39 Å². The number of carboxylic acid groups (broad SMARTS) is 1. The van der Waals surface area contributed by atoms with Crippen LogP contribution >= 0.6 is 0 Å². The highest BCUT2D eigenvalue weighted by Crippen LogP contribution is 2.49. The highest BCUT2D eigenvalue weighted by Gasteiger charge is 2.54. The number of rotatable bonds is 2. The van der Waals surface area contributed by atoms with Crippen molar-refractivity contribution in [3.8, 4) is 0 Å². The topological polar surface area (TPSA) is 46.5 Å². The molecule has 0 aromatic carbocycles. The predicted octanol–water partition coefficient (Wildman–Crippen LogP) is 1.37. The Bertz CT molecular complexity index is 214. The maximum absolute atomic E-state index is 12.7. The minimum Gasteiger partial charge on any atom is -0.479 e. The molecule has 0 atom stereocenters. The van der Waals surface area contributed by atoms with Gasteiger partial charge in [-0.05, 0) is 25.7 Å². The first-order valence-corrected chi connectivity index (χ1v) is 4.56. The van der Waals surface area contributed by atoms with Crippen LogP contribution in [0.5, 0.6) is 0 Å². The van der Waals surface area contributed by atoms with Crippen LogP contribution in [0.4, 0.5) is 4.39 Å². The van der Waals surface area contributed by atoms with E-state index in [1.54, 1.807) is 0 Å². The molecule has 3 nitrogen and oxygen atoms in total. The van der Waals surface area contributed by atoms with Gasteiger partial charge in [-0.25, -0.2) is 4.79 Å². The van der Waals surface area contributed by atoms with E-state index in [0.29, 0.717) is 25.7 Å². The molecule has 0 aromatic heterocycles. The molecule has 1 N–H and O–H groups in total. The number of ether oxygens (including phenoxy) is 1. The van der Waals surface area contributed by atoms with Gasteiger partial charge in [-0.15, -0.1) is 0 Å². The van der Waals surface area contributed by atoms with Crippen molar-refractivity contribution in [1.29, 1.82) is 0 Å². The Balaban J connectivity index is 2.16. The summed E-state index contributed by atoms with van der Waals surface area (Å²) in [5.41, 5.74) is -1.35. The van der Waals surface area contributed by atoms with Crippen molar-refractivity contribution in [3.63, 3.8) is 0 Å². The minimum absolute atomic E-state index is 0.274. The first-order chi connectivity index (χ1) is 6.13. The Labute approximate surface area is 75.9 Å². The van der Waals surface area contributed by atoms with Gasteiger partial charge in [-0.2, -0.15) is 0 Å². The normalized spacial score (nSPS) is 43.5. The first-order valence-electron chi connectivity index (χ1n) is 4.56.